The highest BCUT2D eigenvalue weighted by molar-refractivity contribution is 5.95. The van der Waals surface area contributed by atoms with Crippen LogP contribution >= 0.6 is 0 Å². The van der Waals surface area contributed by atoms with E-state index in [-0.39, 0.29) is 11.8 Å². The molecule has 3 heterocycles. The van der Waals surface area contributed by atoms with Crippen LogP contribution in [0.15, 0.2) is 16.8 Å². The van der Waals surface area contributed by atoms with E-state index in [9.17, 15) is 4.79 Å². The van der Waals surface area contributed by atoms with E-state index >= 15 is 0 Å². The van der Waals surface area contributed by atoms with Crippen LogP contribution in [0.4, 0.5) is 0 Å². The van der Waals surface area contributed by atoms with Gasteiger partial charge in [-0.3, -0.25) is 4.79 Å². The Hall–Kier alpha value is -2.08. The SMILES string of the molecule is Cc1cc(C(=O)N2Cc3ncn(C)c3[C@@H](COCC3CC3)C2)c(C)o1. The summed E-state index contributed by atoms with van der Waals surface area (Å²) >= 11 is 0. The lowest BCUT2D eigenvalue weighted by molar-refractivity contribution is 0.0617. The molecule has 2 aromatic rings. The molecule has 0 radical (unpaired) electrons. The summed E-state index contributed by atoms with van der Waals surface area (Å²) < 4.78 is 13.5. The van der Waals surface area contributed by atoms with Gasteiger partial charge in [0.1, 0.15) is 11.5 Å². The third-order valence-electron chi connectivity index (χ3n) is 5.16. The summed E-state index contributed by atoms with van der Waals surface area (Å²) in [5.41, 5.74) is 2.81. The van der Waals surface area contributed by atoms with E-state index in [4.69, 9.17) is 9.15 Å². The van der Waals surface area contributed by atoms with Crippen LogP contribution in [-0.2, 0) is 18.3 Å². The number of carbonyl (C=O) groups excluding carboxylic acids is 1. The molecular weight excluding hydrogens is 318 g/mol. The molecule has 2 aliphatic rings. The van der Waals surface area contributed by atoms with E-state index in [0.717, 1.165) is 24.0 Å². The van der Waals surface area contributed by atoms with Crippen molar-refractivity contribution >= 4 is 5.91 Å². The Bertz CT molecular complexity index is 788. The maximum Gasteiger partial charge on any atom is 0.257 e. The van der Waals surface area contributed by atoms with Gasteiger partial charge in [-0.2, -0.15) is 0 Å². The van der Waals surface area contributed by atoms with Crippen LogP contribution in [0.1, 0.15) is 52.0 Å². The smallest absolute Gasteiger partial charge is 0.257 e. The molecule has 1 atom stereocenters. The van der Waals surface area contributed by atoms with E-state index in [2.05, 4.69) is 9.55 Å². The zero-order valence-electron chi connectivity index (χ0n) is 15.1. The molecule has 0 spiro atoms. The topological polar surface area (TPSA) is 60.5 Å². The van der Waals surface area contributed by atoms with Crippen molar-refractivity contribution in [2.24, 2.45) is 13.0 Å². The first kappa shape index (κ1) is 16.4. The van der Waals surface area contributed by atoms with Gasteiger partial charge in [-0.1, -0.05) is 0 Å². The molecule has 1 saturated carbocycles. The lowest BCUT2D eigenvalue weighted by Gasteiger charge is -2.32. The summed E-state index contributed by atoms with van der Waals surface area (Å²) in [4.78, 5) is 19.4. The van der Waals surface area contributed by atoms with E-state index in [1.165, 1.54) is 18.5 Å². The van der Waals surface area contributed by atoms with Crippen molar-refractivity contribution in [3.05, 3.63) is 40.9 Å². The zero-order chi connectivity index (χ0) is 17.6. The molecule has 0 unspecified atom stereocenters. The van der Waals surface area contributed by atoms with Gasteiger partial charge in [-0.05, 0) is 38.7 Å². The van der Waals surface area contributed by atoms with Crippen molar-refractivity contribution in [1.82, 2.24) is 14.5 Å². The van der Waals surface area contributed by atoms with Crippen molar-refractivity contribution in [1.29, 1.82) is 0 Å². The van der Waals surface area contributed by atoms with Gasteiger partial charge in [0.15, 0.2) is 0 Å². The molecule has 0 bridgehead atoms. The maximum atomic E-state index is 13.0. The first-order valence-corrected chi connectivity index (χ1v) is 8.97. The van der Waals surface area contributed by atoms with Crippen molar-refractivity contribution in [2.45, 2.75) is 39.2 Å². The summed E-state index contributed by atoms with van der Waals surface area (Å²) in [7, 11) is 2.01. The number of furan rings is 1. The normalized spacial score (nSPS) is 20.0. The van der Waals surface area contributed by atoms with Crippen molar-refractivity contribution in [3.8, 4) is 0 Å². The maximum absolute atomic E-state index is 13.0. The Labute approximate surface area is 147 Å². The molecule has 2 aromatic heterocycles. The summed E-state index contributed by atoms with van der Waals surface area (Å²) in [5, 5.41) is 0. The van der Waals surface area contributed by atoms with Gasteiger partial charge in [0.2, 0.25) is 0 Å². The summed E-state index contributed by atoms with van der Waals surface area (Å²) in [6.07, 6.45) is 4.40. The molecule has 0 saturated heterocycles. The van der Waals surface area contributed by atoms with E-state index in [1.807, 2.05) is 38.2 Å². The Morgan fingerprint density at radius 3 is 2.84 bits per heavy atom. The van der Waals surface area contributed by atoms with E-state index in [1.54, 1.807) is 0 Å². The zero-order valence-corrected chi connectivity index (χ0v) is 15.1. The highest BCUT2D eigenvalue weighted by atomic mass is 16.5. The molecule has 6 nitrogen and oxygen atoms in total. The third kappa shape index (κ3) is 3.23. The van der Waals surface area contributed by atoms with Crippen LogP contribution < -0.4 is 0 Å². The van der Waals surface area contributed by atoms with Crippen molar-refractivity contribution < 1.29 is 13.9 Å². The second kappa shape index (κ2) is 6.33. The Balaban J connectivity index is 1.54. The predicted molar refractivity (Wildman–Crippen MR) is 92.4 cm³/mol. The molecule has 134 valence electrons. The Morgan fingerprint density at radius 2 is 2.16 bits per heavy atom. The summed E-state index contributed by atoms with van der Waals surface area (Å²) in [6, 6.07) is 1.82. The summed E-state index contributed by atoms with van der Waals surface area (Å²) in [5.74, 6) is 2.35. The molecule has 0 aromatic carbocycles. The van der Waals surface area contributed by atoms with Gasteiger partial charge < -0.3 is 18.6 Å². The van der Waals surface area contributed by atoms with E-state index in [0.29, 0.717) is 31.0 Å². The predicted octanol–water partition coefficient (Wildman–Crippen LogP) is 2.80. The number of aromatic nitrogens is 2. The van der Waals surface area contributed by atoms with Gasteiger partial charge >= 0.3 is 0 Å². The number of fused-ring (bicyclic) bond motifs is 1. The Kier molecular flexibility index (Phi) is 4.15. The molecule has 0 N–H and O–H groups in total. The lowest BCUT2D eigenvalue weighted by Crippen LogP contribution is -2.40. The number of nitrogens with zero attached hydrogens (tertiary/aromatic N) is 3. The second-order valence-electron chi connectivity index (χ2n) is 7.38. The van der Waals surface area contributed by atoms with Gasteiger partial charge in [0.25, 0.3) is 5.91 Å². The highest BCUT2D eigenvalue weighted by Crippen LogP contribution is 2.32. The van der Waals surface area contributed by atoms with Crippen LogP contribution in [0.2, 0.25) is 0 Å². The molecule has 25 heavy (non-hydrogen) atoms. The quantitative estimate of drug-likeness (QED) is 0.837. The van der Waals surface area contributed by atoms with Gasteiger partial charge in [0, 0.05) is 31.8 Å². The second-order valence-corrected chi connectivity index (χ2v) is 7.38. The number of imidazole rings is 1. The molecule has 1 aliphatic carbocycles. The van der Waals surface area contributed by atoms with Crippen LogP contribution in [0.25, 0.3) is 0 Å². The fraction of sp³-hybridized carbons (Fsp3) is 0.579. The largest absolute Gasteiger partial charge is 0.466 e. The molecule has 1 fully saturated rings. The minimum atomic E-state index is 0.0119. The fourth-order valence-corrected chi connectivity index (χ4v) is 3.69. The van der Waals surface area contributed by atoms with Crippen LogP contribution in [-0.4, -0.2) is 40.1 Å². The summed E-state index contributed by atoms with van der Waals surface area (Å²) in [6.45, 7) is 6.36. The number of ether oxygens (including phenoxy) is 1. The number of hydrogen-bond donors (Lipinski definition) is 0. The molecular formula is C19H25N3O3. The number of aryl methyl sites for hydroxylation is 3. The van der Waals surface area contributed by atoms with E-state index < -0.39 is 0 Å². The lowest BCUT2D eigenvalue weighted by atomic mass is 9.98. The molecule has 1 amide bonds. The van der Waals surface area contributed by atoms with Crippen molar-refractivity contribution in [2.75, 3.05) is 19.8 Å². The first-order chi connectivity index (χ1) is 12.0. The fourth-order valence-electron chi connectivity index (χ4n) is 3.69. The van der Waals surface area contributed by atoms with Crippen LogP contribution in [0.5, 0.6) is 0 Å². The average molecular weight is 343 g/mol. The monoisotopic (exact) mass is 343 g/mol. The molecule has 4 rings (SSSR count). The number of carbonyl (C=O) groups is 1. The van der Waals surface area contributed by atoms with Gasteiger partial charge in [-0.15, -0.1) is 0 Å². The number of amides is 1. The van der Waals surface area contributed by atoms with Gasteiger partial charge in [-0.25, -0.2) is 4.98 Å². The number of rotatable bonds is 5. The first-order valence-electron chi connectivity index (χ1n) is 8.97. The highest BCUT2D eigenvalue weighted by Gasteiger charge is 2.33. The van der Waals surface area contributed by atoms with Gasteiger partial charge in [0.05, 0.1) is 30.7 Å². The minimum absolute atomic E-state index is 0.0119. The van der Waals surface area contributed by atoms with Crippen LogP contribution in [0.3, 0.4) is 0 Å². The average Bonchev–Trinajstić information content (AvgIpc) is 3.24. The van der Waals surface area contributed by atoms with Crippen molar-refractivity contribution in [3.63, 3.8) is 0 Å². The third-order valence-corrected chi connectivity index (χ3v) is 5.16. The Morgan fingerprint density at radius 1 is 1.36 bits per heavy atom. The van der Waals surface area contributed by atoms with Crippen LogP contribution in [0, 0.1) is 19.8 Å². The molecule has 6 heteroatoms. The number of hydrogen-bond acceptors (Lipinski definition) is 4. The minimum Gasteiger partial charge on any atom is -0.466 e. The molecule has 1 aliphatic heterocycles. The standard InChI is InChI=1S/C19H25N3O3/c1-12-6-16(13(2)25-12)19(23)22-7-15(10-24-9-14-4-5-14)18-17(8-22)20-11-21(18)3/h6,11,14-15H,4-5,7-10H2,1-3H3/t15-/m1/s1.